The van der Waals surface area contributed by atoms with Gasteiger partial charge in [0, 0.05) is 18.9 Å². The summed E-state index contributed by atoms with van der Waals surface area (Å²) in [7, 11) is 0. The van der Waals surface area contributed by atoms with E-state index in [0.29, 0.717) is 12.2 Å². The second-order valence-electron chi connectivity index (χ2n) is 3.78. The molecule has 0 amide bonds. The monoisotopic (exact) mass is 234 g/mol. The van der Waals surface area contributed by atoms with Crippen molar-refractivity contribution in [3.05, 3.63) is 41.9 Å². The van der Waals surface area contributed by atoms with Crippen molar-refractivity contribution >= 4 is 5.97 Å². The number of aromatic carboxylic acids is 1. The summed E-state index contributed by atoms with van der Waals surface area (Å²) in [4.78, 5) is 14.9. The number of aryl methyl sites for hydroxylation is 1. The Kier molecular flexibility index (Phi) is 3.27. The van der Waals surface area contributed by atoms with E-state index in [-0.39, 0.29) is 5.76 Å². The number of nitrogens with zero attached hydrogens (tertiary/aromatic N) is 2. The van der Waals surface area contributed by atoms with Gasteiger partial charge in [-0.2, -0.15) is 0 Å². The van der Waals surface area contributed by atoms with Crippen molar-refractivity contribution in [1.82, 2.24) is 9.55 Å². The topological polar surface area (TPSA) is 68.3 Å². The highest BCUT2D eigenvalue weighted by Gasteiger charge is 2.11. The Labute approximate surface area is 98.7 Å². The van der Waals surface area contributed by atoms with Crippen LogP contribution in [0.5, 0.6) is 0 Å². The van der Waals surface area contributed by atoms with E-state index in [9.17, 15) is 4.79 Å². The Morgan fingerprint density at radius 2 is 2.35 bits per heavy atom. The van der Waals surface area contributed by atoms with Gasteiger partial charge in [0.1, 0.15) is 11.6 Å². The minimum Gasteiger partial charge on any atom is -0.475 e. The number of carboxylic acids is 1. The van der Waals surface area contributed by atoms with Gasteiger partial charge >= 0.3 is 5.97 Å². The lowest BCUT2D eigenvalue weighted by Crippen LogP contribution is -2.02. The predicted molar refractivity (Wildman–Crippen MR) is 61.0 cm³/mol. The fourth-order valence-corrected chi connectivity index (χ4v) is 1.70. The minimum atomic E-state index is -1.05. The smallest absolute Gasteiger partial charge is 0.371 e. The van der Waals surface area contributed by atoms with Gasteiger partial charge in [0.05, 0.1) is 6.42 Å². The lowest BCUT2D eigenvalue weighted by molar-refractivity contribution is 0.0660. The van der Waals surface area contributed by atoms with Crippen molar-refractivity contribution in [2.75, 3.05) is 0 Å². The standard InChI is InChI=1S/C12H14N2O3/c1-2-6-14-7-5-13-11(14)8-9-3-4-10(17-9)12(15)16/h3-5,7H,2,6,8H2,1H3,(H,15,16). The Bertz CT molecular complexity index is 513. The third-order valence-electron chi connectivity index (χ3n) is 2.47. The van der Waals surface area contributed by atoms with E-state index in [1.165, 1.54) is 6.07 Å². The highest BCUT2D eigenvalue weighted by atomic mass is 16.4. The molecular formula is C12H14N2O3. The summed E-state index contributed by atoms with van der Waals surface area (Å²) >= 11 is 0. The van der Waals surface area contributed by atoms with Crippen molar-refractivity contribution < 1.29 is 14.3 Å². The molecule has 0 radical (unpaired) electrons. The number of carbonyl (C=O) groups is 1. The molecule has 0 aliphatic rings. The van der Waals surface area contributed by atoms with Crippen LogP contribution >= 0.6 is 0 Å². The average molecular weight is 234 g/mol. The normalized spacial score (nSPS) is 10.6. The first kappa shape index (κ1) is 11.4. The van der Waals surface area contributed by atoms with E-state index in [1.54, 1.807) is 12.3 Å². The largest absolute Gasteiger partial charge is 0.475 e. The maximum absolute atomic E-state index is 10.7. The summed E-state index contributed by atoms with van der Waals surface area (Å²) in [5.41, 5.74) is 0. The van der Waals surface area contributed by atoms with Crippen molar-refractivity contribution in [1.29, 1.82) is 0 Å². The summed E-state index contributed by atoms with van der Waals surface area (Å²) in [5, 5.41) is 8.75. The van der Waals surface area contributed by atoms with Crippen LogP contribution in [0.25, 0.3) is 0 Å². The van der Waals surface area contributed by atoms with Crippen LogP contribution in [0, 0.1) is 0 Å². The summed E-state index contributed by atoms with van der Waals surface area (Å²) < 4.78 is 7.24. The van der Waals surface area contributed by atoms with Crippen LogP contribution in [0.4, 0.5) is 0 Å². The van der Waals surface area contributed by atoms with Gasteiger partial charge in [-0.05, 0) is 18.6 Å². The zero-order valence-electron chi connectivity index (χ0n) is 9.59. The molecule has 0 aromatic carbocycles. The average Bonchev–Trinajstić information content (AvgIpc) is 2.90. The molecule has 2 rings (SSSR count). The first-order chi connectivity index (χ1) is 8.20. The molecule has 0 unspecified atom stereocenters. The predicted octanol–water partition coefficient (Wildman–Crippen LogP) is 2.18. The zero-order valence-corrected chi connectivity index (χ0v) is 9.59. The van der Waals surface area contributed by atoms with Crippen molar-refractivity contribution in [3.63, 3.8) is 0 Å². The second-order valence-corrected chi connectivity index (χ2v) is 3.78. The first-order valence-electron chi connectivity index (χ1n) is 5.52. The number of imidazole rings is 1. The molecule has 17 heavy (non-hydrogen) atoms. The van der Waals surface area contributed by atoms with Gasteiger partial charge in [0.25, 0.3) is 0 Å². The molecule has 0 aliphatic carbocycles. The summed E-state index contributed by atoms with van der Waals surface area (Å²) in [6, 6.07) is 3.14. The Morgan fingerprint density at radius 1 is 1.53 bits per heavy atom. The molecular weight excluding hydrogens is 220 g/mol. The van der Waals surface area contributed by atoms with Crippen LogP contribution in [0.15, 0.2) is 28.9 Å². The fraction of sp³-hybridized carbons (Fsp3) is 0.333. The second kappa shape index (κ2) is 4.86. The Morgan fingerprint density at radius 3 is 3.00 bits per heavy atom. The van der Waals surface area contributed by atoms with Crippen LogP contribution in [-0.4, -0.2) is 20.6 Å². The molecule has 90 valence electrons. The summed E-state index contributed by atoms with van der Waals surface area (Å²) in [6.45, 7) is 3.00. The molecule has 0 saturated carbocycles. The van der Waals surface area contributed by atoms with Gasteiger partial charge in [0.15, 0.2) is 0 Å². The maximum atomic E-state index is 10.7. The van der Waals surface area contributed by atoms with Gasteiger partial charge in [0.2, 0.25) is 5.76 Å². The molecule has 0 bridgehead atoms. The quantitative estimate of drug-likeness (QED) is 0.860. The molecule has 2 aromatic rings. The highest BCUT2D eigenvalue weighted by molar-refractivity contribution is 5.84. The van der Waals surface area contributed by atoms with Crippen LogP contribution < -0.4 is 0 Å². The van der Waals surface area contributed by atoms with Gasteiger partial charge in [-0.3, -0.25) is 0 Å². The van der Waals surface area contributed by atoms with E-state index in [1.807, 2.05) is 10.8 Å². The Balaban J connectivity index is 2.13. The van der Waals surface area contributed by atoms with Crippen LogP contribution in [0.2, 0.25) is 0 Å². The minimum absolute atomic E-state index is 0.0337. The molecule has 2 heterocycles. The molecule has 5 heteroatoms. The third-order valence-corrected chi connectivity index (χ3v) is 2.47. The van der Waals surface area contributed by atoms with Gasteiger partial charge < -0.3 is 14.1 Å². The molecule has 0 saturated heterocycles. The van der Waals surface area contributed by atoms with E-state index < -0.39 is 5.97 Å². The van der Waals surface area contributed by atoms with E-state index >= 15 is 0 Å². The number of rotatable bonds is 5. The summed E-state index contributed by atoms with van der Waals surface area (Å²) in [6.07, 6.45) is 5.20. The van der Waals surface area contributed by atoms with Gasteiger partial charge in [-0.15, -0.1) is 0 Å². The summed E-state index contributed by atoms with van der Waals surface area (Å²) in [5.74, 6) is 0.422. The van der Waals surface area contributed by atoms with E-state index in [4.69, 9.17) is 9.52 Å². The molecule has 0 spiro atoms. The van der Waals surface area contributed by atoms with Crippen molar-refractivity contribution in [3.8, 4) is 0 Å². The first-order valence-corrected chi connectivity index (χ1v) is 5.52. The third kappa shape index (κ3) is 2.55. The fourth-order valence-electron chi connectivity index (χ4n) is 1.70. The number of aromatic nitrogens is 2. The lowest BCUT2D eigenvalue weighted by atomic mass is 10.3. The van der Waals surface area contributed by atoms with E-state index in [0.717, 1.165) is 18.8 Å². The van der Waals surface area contributed by atoms with Crippen LogP contribution in [0.1, 0.15) is 35.5 Å². The molecule has 1 N–H and O–H groups in total. The van der Waals surface area contributed by atoms with Crippen molar-refractivity contribution in [2.24, 2.45) is 0 Å². The van der Waals surface area contributed by atoms with Crippen LogP contribution in [0.3, 0.4) is 0 Å². The molecule has 2 aromatic heterocycles. The number of hydrogen-bond acceptors (Lipinski definition) is 3. The maximum Gasteiger partial charge on any atom is 0.371 e. The van der Waals surface area contributed by atoms with Gasteiger partial charge in [-0.1, -0.05) is 6.92 Å². The lowest BCUT2D eigenvalue weighted by Gasteiger charge is -2.04. The number of hydrogen-bond donors (Lipinski definition) is 1. The molecule has 0 aliphatic heterocycles. The zero-order chi connectivity index (χ0) is 12.3. The molecule has 0 fully saturated rings. The number of carboxylic acid groups (broad SMARTS) is 1. The number of furan rings is 1. The van der Waals surface area contributed by atoms with Crippen molar-refractivity contribution in [2.45, 2.75) is 26.3 Å². The van der Waals surface area contributed by atoms with E-state index in [2.05, 4.69) is 11.9 Å². The highest BCUT2D eigenvalue weighted by Crippen LogP contribution is 2.12. The molecule has 5 nitrogen and oxygen atoms in total. The SMILES string of the molecule is CCCn1ccnc1Cc1ccc(C(=O)O)o1. The molecule has 0 atom stereocenters. The Hall–Kier alpha value is -2.04. The van der Waals surface area contributed by atoms with Gasteiger partial charge in [-0.25, -0.2) is 9.78 Å². The van der Waals surface area contributed by atoms with Crippen LogP contribution in [-0.2, 0) is 13.0 Å².